The Labute approximate surface area is 131 Å². The smallest absolute Gasteiger partial charge is 0.319 e. The minimum absolute atomic E-state index is 0.240. The van der Waals surface area contributed by atoms with Gasteiger partial charge in [-0.05, 0) is 37.1 Å². The summed E-state index contributed by atoms with van der Waals surface area (Å²) in [4.78, 5) is 12.0. The number of benzene rings is 1. The summed E-state index contributed by atoms with van der Waals surface area (Å²) < 4.78 is 3.07. The Bertz CT molecular complexity index is 682. The van der Waals surface area contributed by atoms with E-state index in [0.717, 1.165) is 46.8 Å². The highest BCUT2D eigenvalue weighted by Crippen LogP contribution is 2.20. The summed E-state index contributed by atoms with van der Waals surface area (Å²) in [6.07, 6.45) is 2.07. The lowest BCUT2D eigenvalue weighted by Gasteiger charge is -2.10. The van der Waals surface area contributed by atoms with Gasteiger partial charge in [-0.25, -0.2) is 4.79 Å². The fourth-order valence-corrected chi connectivity index (χ4v) is 2.91. The molecule has 2 amide bonds. The first kappa shape index (κ1) is 14.1. The van der Waals surface area contributed by atoms with E-state index in [1.54, 1.807) is 0 Å². The average Bonchev–Trinajstić information content (AvgIpc) is 3.03. The molecule has 0 unspecified atom stereocenters. The van der Waals surface area contributed by atoms with Crippen LogP contribution in [-0.4, -0.2) is 20.8 Å². The van der Waals surface area contributed by atoms with Crippen LogP contribution in [0.2, 0.25) is 0 Å². The Balaban J connectivity index is 1.59. The SMILES string of the molecule is Cc1cc(Br)ccc1NC(=O)NCc1nnc2n1CCC2. The van der Waals surface area contributed by atoms with Crippen LogP contribution in [-0.2, 0) is 19.5 Å². The summed E-state index contributed by atoms with van der Waals surface area (Å²) in [5.74, 6) is 1.82. The third-order valence-corrected chi connectivity index (χ3v) is 4.02. The molecule has 1 aliphatic heterocycles. The lowest BCUT2D eigenvalue weighted by Crippen LogP contribution is -2.29. The molecule has 0 saturated heterocycles. The molecule has 2 heterocycles. The number of hydrogen-bond donors (Lipinski definition) is 2. The second kappa shape index (κ2) is 5.85. The third kappa shape index (κ3) is 3.07. The maximum atomic E-state index is 12.0. The van der Waals surface area contributed by atoms with Crippen molar-refractivity contribution >= 4 is 27.6 Å². The van der Waals surface area contributed by atoms with E-state index in [1.165, 1.54) is 0 Å². The first-order chi connectivity index (χ1) is 10.1. The number of urea groups is 1. The lowest BCUT2D eigenvalue weighted by molar-refractivity contribution is 0.251. The van der Waals surface area contributed by atoms with Gasteiger partial charge >= 0.3 is 6.03 Å². The van der Waals surface area contributed by atoms with Gasteiger partial charge in [0.1, 0.15) is 5.82 Å². The maximum absolute atomic E-state index is 12.0. The molecule has 6 nitrogen and oxygen atoms in total. The molecule has 7 heteroatoms. The van der Waals surface area contributed by atoms with Gasteiger partial charge < -0.3 is 15.2 Å². The van der Waals surface area contributed by atoms with Crippen molar-refractivity contribution in [3.63, 3.8) is 0 Å². The van der Waals surface area contributed by atoms with Gasteiger partial charge in [0, 0.05) is 23.1 Å². The first-order valence-corrected chi connectivity index (χ1v) is 7.65. The van der Waals surface area contributed by atoms with Gasteiger partial charge in [-0.15, -0.1) is 10.2 Å². The monoisotopic (exact) mass is 349 g/mol. The van der Waals surface area contributed by atoms with E-state index < -0.39 is 0 Å². The van der Waals surface area contributed by atoms with E-state index in [-0.39, 0.29) is 6.03 Å². The Morgan fingerprint density at radius 2 is 2.29 bits per heavy atom. The molecule has 0 bridgehead atoms. The minimum Gasteiger partial charge on any atom is -0.331 e. The van der Waals surface area contributed by atoms with Crippen molar-refractivity contribution in [3.8, 4) is 0 Å². The van der Waals surface area contributed by atoms with Gasteiger partial charge in [-0.2, -0.15) is 0 Å². The maximum Gasteiger partial charge on any atom is 0.319 e. The van der Waals surface area contributed by atoms with E-state index in [2.05, 4.69) is 41.3 Å². The molecule has 2 N–H and O–H groups in total. The van der Waals surface area contributed by atoms with Gasteiger partial charge in [0.05, 0.1) is 6.54 Å². The largest absolute Gasteiger partial charge is 0.331 e. The van der Waals surface area contributed by atoms with Crippen LogP contribution in [0, 0.1) is 6.92 Å². The molecule has 21 heavy (non-hydrogen) atoms. The molecule has 110 valence electrons. The van der Waals surface area contributed by atoms with Crippen LogP contribution in [0.4, 0.5) is 10.5 Å². The lowest BCUT2D eigenvalue weighted by atomic mass is 10.2. The molecule has 1 aliphatic rings. The fourth-order valence-electron chi connectivity index (χ4n) is 2.43. The van der Waals surface area contributed by atoms with Gasteiger partial charge in [-0.3, -0.25) is 0 Å². The Morgan fingerprint density at radius 3 is 3.10 bits per heavy atom. The molecule has 0 fully saturated rings. The summed E-state index contributed by atoms with van der Waals surface area (Å²) in [5, 5.41) is 13.9. The number of nitrogens with one attached hydrogen (secondary N) is 2. The number of carbonyl (C=O) groups is 1. The van der Waals surface area contributed by atoms with E-state index in [0.29, 0.717) is 6.54 Å². The Morgan fingerprint density at radius 1 is 1.43 bits per heavy atom. The van der Waals surface area contributed by atoms with Gasteiger partial charge in [-0.1, -0.05) is 15.9 Å². The van der Waals surface area contributed by atoms with Crippen LogP contribution in [0.15, 0.2) is 22.7 Å². The highest BCUT2D eigenvalue weighted by Gasteiger charge is 2.17. The number of amides is 2. The van der Waals surface area contributed by atoms with Crippen molar-refractivity contribution in [1.29, 1.82) is 0 Å². The first-order valence-electron chi connectivity index (χ1n) is 6.85. The van der Waals surface area contributed by atoms with Crippen LogP contribution in [0.25, 0.3) is 0 Å². The van der Waals surface area contributed by atoms with E-state index in [9.17, 15) is 4.79 Å². The molecule has 1 aromatic carbocycles. The second-order valence-corrected chi connectivity index (χ2v) is 5.97. The normalized spacial score (nSPS) is 13.0. The van der Waals surface area contributed by atoms with Crippen molar-refractivity contribution in [3.05, 3.63) is 39.9 Å². The predicted octanol–water partition coefficient (Wildman–Crippen LogP) is 2.62. The number of rotatable bonds is 3. The second-order valence-electron chi connectivity index (χ2n) is 5.05. The molecule has 1 aromatic heterocycles. The summed E-state index contributed by atoms with van der Waals surface area (Å²) >= 11 is 3.40. The molecule has 0 saturated carbocycles. The zero-order chi connectivity index (χ0) is 14.8. The molecular weight excluding hydrogens is 334 g/mol. The van der Waals surface area contributed by atoms with Gasteiger partial charge in [0.25, 0.3) is 0 Å². The fraction of sp³-hybridized carbons (Fsp3) is 0.357. The predicted molar refractivity (Wildman–Crippen MR) is 83.1 cm³/mol. The van der Waals surface area contributed by atoms with E-state index in [1.807, 2.05) is 25.1 Å². The van der Waals surface area contributed by atoms with Crippen molar-refractivity contribution in [1.82, 2.24) is 20.1 Å². The molecule has 0 radical (unpaired) electrons. The minimum atomic E-state index is -0.240. The highest BCUT2D eigenvalue weighted by atomic mass is 79.9. The van der Waals surface area contributed by atoms with Crippen LogP contribution in [0.3, 0.4) is 0 Å². The van der Waals surface area contributed by atoms with E-state index in [4.69, 9.17) is 0 Å². The zero-order valence-corrected chi connectivity index (χ0v) is 13.3. The number of halogens is 1. The quantitative estimate of drug-likeness (QED) is 0.894. The molecular formula is C14H16BrN5O. The molecule has 2 aromatic rings. The standard InChI is InChI=1S/C14H16BrN5O/c1-9-7-10(15)4-5-11(9)17-14(21)16-8-13-19-18-12-3-2-6-20(12)13/h4-5,7H,2-3,6,8H2,1H3,(H2,16,17,21). The number of anilines is 1. The number of fused-ring (bicyclic) bond motifs is 1. The van der Waals surface area contributed by atoms with Crippen LogP contribution in [0.1, 0.15) is 23.6 Å². The summed E-state index contributed by atoms with van der Waals surface area (Å²) in [7, 11) is 0. The number of carbonyl (C=O) groups excluding carboxylic acids is 1. The van der Waals surface area contributed by atoms with Crippen LogP contribution < -0.4 is 10.6 Å². The summed E-state index contributed by atoms with van der Waals surface area (Å²) in [5.41, 5.74) is 1.80. The third-order valence-electron chi connectivity index (χ3n) is 3.53. The molecule has 0 spiro atoms. The van der Waals surface area contributed by atoms with Gasteiger partial charge in [0.15, 0.2) is 5.82 Å². The topological polar surface area (TPSA) is 71.8 Å². The zero-order valence-electron chi connectivity index (χ0n) is 11.7. The summed E-state index contributed by atoms with van der Waals surface area (Å²) in [6, 6.07) is 5.48. The Hall–Kier alpha value is -1.89. The number of hydrogen-bond acceptors (Lipinski definition) is 3. The number of aryl methyl sites for hydroxylation is 2. The number of nitrogens with zero attached hydrogens (tertiary/aromatic N) is 3. The molecule has 0 aliphatic carbocycles. The van der Waals surface area contributed by atoms with Crippen molar-refractivity contribution in [2.24, 2.45) is 0 Å². The Kier molecular flexibility index (Phi) is 3.92. The van der Waals surface area contributed by atoms with Crippen LogP contribution >= 0.6 is 15.9 Å². The van der Waals surface area contributed by atoms with Crippen molar-refractivity contribution in [2.75, 3.05) is 5.32 Å². The van der Waals surface area contributed by atoms with Crippen LogP contribution in [0.5, 0.6) is 0 Å². The van der Waals surface area contributed by atoms with Gasteiger partial charge in [0.2, 0.25) is 0 Å². The number of aromatic nitrogens is 3. The molecule has 0 atom stereocenters. The highest BCUT2D eigenvalue weighted by molar-refractivity contribution is 9.10. The van der Waals surface area contributed by atoms with Crippen molar-refractivity contribution in [2.45, 2.75) is 32.9 Å². The average molecular weight is 350 g/mol. The summed E-state index contributed by atoms with van der Waals surface area (Å²) in [6.45, 7) is 3.27. The van der Waals surface area contributed by atoms with Crippen molar-refractivity contribution < 1.29 is 4.79 Å². The van der Waals surface area contributed by atoms with E-state index >= 15 is 0 Å². The molecule has 3 rings (SSSR count).